The van der Waals surface area contributed by atoms with Crippen LogP contribution >= 0.6 is 0 Å². The van der Waals surface area contributed by atoms with Gasteiger partial charge < -0.3 is 14.5 Å². The van der Waals surface area contributed by atoms with Crippen LogP contribution in [0.2, 0.25) is 0 Å². The van der Waals surface area contributed by atoms with E-state index >= 15 is 0 Å². The van der Waals surface area contributed by atoms with Crippen molar-refractivity contribution in [2.45, 2.75) is 53.1 Å². The van der Waals surface area contributed by atoms with Crippen molar-refractivity contribution < 1.29 is 9.15 Å². The number of furan rings is 1. The van der Waals surface area contributed by atoms with Gasteiger partial charge in [0.15, 0.2) is 11.3 Å². The number of fused-ring (bicyclic) bond motifs is 1. The minimum atomic E-state index is 0.0707. The number of nitrogens with one attached hydrogen (secondary N) is 1. The van der Waals surface area contributed by atoms with E-state index < -0.39 is 0 Å². The molecule has 0 aliphatic carbocycles. The molecular weight excluding hydrogens is 262 g/mol. The summed E-state index contributed by atoms with van der Waals surface area (Å²) in [7, 11) is 1.67. The fraction of sp³-hybridized carbons (Fsp3) is 0.556. The van der Waals surface area contributed by atoms with Crippen molar-refractivity contribution in [2.24, 2.45) is 5.41 Å². The summed E-state index contributed by atoms with van der Waals surface area (Å²) in [5.41, 5.74) is 1.19. The Hall–Kier alpha value is -1.48. The zero-order valence-electron chi connectivity index (χ0n) is 14.0. The van der Waals surface area contributed by atoms with Gasteiger partial charge in [0.25, 0.3) is 0 Å². The molecule has 1 aromatic heterocycles. The number of hydrogen-bond acceptors (Lipinski definition) is 3. The summed E-state index contributed by atoms with van der Waals surface area (Å²) in [5, 5.41) is 4.68. The van der Waals surface area contributed by atoms with Crippen molar-refractivity contribution >= 4 is 11.0 Å². The quantitative estimate of drug-likeness (QED) is 0.863. The molecule has 1 aromatic carbocycles. The number of benzene rings is 1. The highest BCUT2D eigenvalue weighted by molar-refractivity contribution is 5.83. The summed E-state index contributed by atoms with van der Waals surface area (Å²) >= 11 is 0. The van der Waals surface area contributed by atoms with Crippen LogP contribution in [0, 0.1) is 5.41 Å². The maximum Gasteiger partial charge on any atom is 0.176 e. The molecule has 1 N–H and O–H groups in total. The van der Waals surface area contributed by atoms with Gasteiger partial charge in [-0.25, -0.2) is 0 Å². The van der Waals surface area contributed by atoms with Gasteiger partial charge in [-0.3, -0.25) is 0 Å². The Morgan fingerprint density at radius 3 is 2.48 bits per heavy atom. The standard InChI is InChI=1S/C18H27NO2/c1-17(2,3)12-18(4,5)19-11-14-10-13-8-7-9-15(20-6)16(13)21-14/h7-10,19H,11-12H2,1-6H3. The number of methoxy groups -OCH3 is 1. The Morgan fingerprint density at radius 1 is 1.14 bits per heavy atom. The minimum absolute atomic E-state index is 0.0707. The van der Waals surface area contributed by atoms with Crippen LogP contribution < -0.4 is 10.1 Å². The maximum absolute atomic E-state index is 5.93. The molecule has 0 fully saturated rings. The Bertz CT molecular complexity index is 605. The van der Waals surface area contributed by atoms with Crippen molar-refractivity contribution in [1.82, 2.24) is 5.32 Å². The molecule has 0 spiro atoms. The average molecular weight is 289 g/mol. The first-order chi connectivity index (χ1) is 9.70. The highest BCUT2D eigenvalue weighted by atomic mass is 16.5. The van der Waals surface area contributed by atoms with Gasteiger partial charge in [0.2, 0.25) is 0 Å². The third-order valence-corrected chi connectivity index (χ3v) is 3.49. The van der Waals surface area contributed by atoms with Gasteiger partial charge in [0, 0.05) is 10.9 Å². The molecule has 0 radical (unpaired) electrons. The zero-order valence-corrected chi connectivity index (χ0v) is 14.0. The van der Waals surface area contributed by atoms with Gasteiger partial charge in [0.1, 0.15) is 5.76 Å². The number of rotatable bonds is 5. The molecule has 0 unspecified atom stereocenters. The predicted octanol–water partition coefficient (Wildman–Crippen LogP) is 4.75. The lowest BCUT2D eigenvalue weighted by Crippen LogP contribution is -2.41. The van der Waals surface area contributed by atoms with Crippen LogP contribution in [0.5, 0.6) is 5.75 Å². The van der Waals surface area contributed by atoms with E-state index in [0.29, 0.717) is 5.41 Å². The molecule has 3 heteroatoms. The molecular formula is C18H27NO2. The molecule has 2 rings (SSSR count). The van der Waals surface area contributed by atoms with Crippen molar-refractivity contribution in [1.29, 1.82) is 0 Å². The van der Waals surface area contributed by atoms with E-state index in [1.165, 1.54) is 0 Å². The first-order valence-electron chi connectivity index (χ1n) is 7.51. The Morgan fingerprint density at radius 2 is 1.86 bits per heavy atom. The Kier molecular flexibility index (Phi) is 4.33. The minimum Gasteiger partial charge on any atom is -0.493 e. The summed E-state index contributed by atoms with van der Waals surface area (Å²) in [5.74, 6) is 1.73. The van der Waals surface area contributed by atoms with Gasteiger partial charge >= 0.3 is 0 Å². The number of hydrogen-bond donors (Lipinski definition) is 1. The fourth-order valence-corrected chi connectivity index (χ4v) is 3.05. The van der Waals surface area contributed by atoms with Crippen LogP contribution in [0.1, 0.15) is 46.8 Å². The summed E-state index contributed by atoms with van der Waals surface area (Å²) in [6, 6.07) is 8.03. The highest BCUT2D eigenvalue weighted by Crippen LogP contribution is 2.30. The van der Waals surface area contributed by atoms with E-state index in [1.54, 1.807) is 7.11 Å². The molecule has 0 bridgehead atoms. The van der Waals surface area contributed by atoms with Crippen LogP contribution in [0.3, 0.4) is 0 Å². The van der Waals surface area contributed by atoms with E-state index in [4.69, 9.17) is 9.15 Å². The van der Waals surface area contributed by atoms with Crippen LogP contribution in [-0.4, -0.2) is 12.6 Å². The van der Waals surface area contributed by atoms with E-state index in [9.17, 15) is 0 Å². The van der Waals surface area contributed by atoms with E-state index in [2.05, 4.69) is 46.0 Å². The summed E-state index contributed by atoms with van der Waals surface area (Å²) in [6.07, 6.45) is 1.10. The molecule has 0 aliphatic heterocycles. The Balaban J connectivity index is 2.10. The topological polar surface area (TPSA) is 34.4 Å². The first-order valence-corrected chi connectivity index (χ1v) is 7.51. The largest absolute Gasteiger partial charge is 0.493 e. The third kappa shape index (κ3) is 4.24. The van der Waals surface area contributed by atoms with Gasteiger partial charge in [-0.15, -0.1) is 0 Å². The van der Waals surface area contributed by atoms with Gasteiger partial charge in [0.05, 0.1) is 13.7 Å². The molecule has 0 atom stereocenters. The molecule has 0 amide bonds. The lowest BCUT2D eigenvalue weighted by Gasteiger charge is -2.33. The molecule has 3 nitrogen and oxygen atoms in total. The molecule has 1 heterocycles. The Labute approximate surface area is 127 Å². The van der Waals surface area contributed by atoms with E-state index in [1.807, 2.05) is 18.2 Å². The normalized spacial score (nSPS) is 12.9. The van der Waals surface area contributed by atoms with E-state index in [0.717, 1.165) is 35.4 Å². The van der Waals surface area contributed by atoms with Crippen molar-refractivity contribution in [3.63, 3.8) is 0 Å². The maximum atomic E-state index is 5.93. The highest BCUT2D eigenvalue weighted by Gasteiger charge is 2.25. The lowest BCUT2D eigenvalue weighted by molar-refractivity contribution is 0.236. The molecule has 0 aliphatic rings. The molecule has 21 heavy (non-hydrogen) atoms. The van der Waals surface area contributed by atoms with Crippen LogP contribution in [-0.2, 0) is 6.54 Å². The molecule has 0 saturated heterocycles. The van der Waals surface area contributed by atoms with Crippen molar-refractivity contribution in [3.05, 3.63) is 30.0 Å². The monoisotopic (exact) mass is 289 g/mol. The second kappa shape index (κ2) is 5.72. The number of para-hydroxylation sites is 1. The molecule has 116 valence electrons. The SMILES string of the molecule is COc1cccc2cc(CNC(C)(C)CC(C)(C)C)oc12. The second-order valence-electron chi connectivity index (χ2n) is 7.57. The fourth-order valence-electron chi connectivity index (χ4n) is 3.05. The van der Waals surface area contributed by atoms with Gasteiger partial charge in [-0.2, -0.15) is 0 Å². The lowest BCUT2D eigenvalue weighted by atomic mass is 9.82. The van der Waals surface area contributed by atoms with Crippen LogP contribution in [0.25, 0.3) is 11.0 Å². The molecule has 2 aromatic rings. The van der Waals surface area contributed by atoms with Gasteiger partial charge in [-0.1, -0.05) is 32.9 Å². The smallest absolute Gasteiger partial charge is 0.176 e. The second-order valence-corrected chi connectivity index (χ2v) is 7.57. The summed E-state index contributed by atoms with van der Waals surface area (Å²) in [4.78, 5) is 0. The number of ether oxygens (including phenoxy) is 1. The summed E-state index contributed by atoms with van der Waals surface area (Å²) in [6.45, 7) is 12.0. The van der Waals surface area contributed by atoms with Crippen LogP contribution in [0.15, 0.2) is 28.7 Å². The predicted molar refractivity (Wildman–Crippen MR) is 87.8 cm³/mol. The first kappa shape index (κ1) is 15.9. The van der Waals surface area contributed by atoms with E-state index in [-0.39, 0.29) is 5.54 Å². The average Bonchev–Trinajstić information content (AvgIpc) is 2.76. The third-order valence-electron chi connectivity index (χ3n) is 3.49. The molecule has 0 saturated carbocycles. The zero-order chi connectivity index (χ0) is 15.7. The van der Waals surface area contributed by atoms with Crippen LogP contribution in [0.4, 0.5) is 0 Å². The van der Waals surface area contributed by atoms with Crippen molar-refractivity contribution in [3.8, 4) is 5.75 Å². The summed E-state index contributed by atoms with van der Waals surface area (Å²) < 4.78 is 11.3. The van der Waals surface area contributed by atoms with Crippen molar-refractivity contribution in [2.75, 3.05) is 7.11 Å². The van der Waals surface area contributed by atoms with Gasteiger partial charge in [-0.05, 0) is 37.8 Å².